The standard InChI is InChI=1S/C13H15BrN4S/c1-9-7-10(14)12(15-8-9)19-13-17-16-11-5-3-2-4-6-18(11)13/h7-8H,2-6H2,1H3. The predicted molar refractivity (Wildman–Crippen MR) is 78.4 cm³/mol. The van der Waals surface area contributed by atoms with E-state index in [2.05, 4.69) is 41.7 Å². The highest BCUT2D eigenvalue weighted by Gasteiger charge is 2.16. The minimum atomic E-state index is 0.949. The van der Waals surface area contributed by atoms with Gasteiger partial charge in [-0.3, -0.25) is 0 Å². The van der Waals surface area contributed by atoms with E-state index in [-0.39, 0.29) is 0 Å². The highest BCUT2D eigenvalue weighted by molar-refractivity contribution is 9.10. The van der Waals surface area contributed by atoms with Gasteiger partial charge in [-0.05, 0) is 59.1 Å². The molecule has 19 heavy (non-hydrogen) atoms. The topological polar surface area (TPSA) is 43.6 Å². The summed E-state index contributed by atoms with van der Waals surface area (Å²) in [4.78, 5) is 4.46. The lowest BCUT2D eigenvalue weighted by Crippen LogP contribution is -2.02. The first-order valence-electron chi connectivity index (χ1n) is 6.46. The van der Waals surface area contributed by atoms with Gasteiger partial charge in [0.15, 0.2) is 5.16 Å². The summed E-state index contributed by atoms with van der Waals surface area (Å²) in [6, 6.07) is 2.08. The van der Waals surface area contributed by atoms with Crippen LogP contribution in [0.1, 0.15) is 30.7 Å². The zero-order valence-electron chi connectivity index (χ0n) is 10.8. The lowest BCUT2D eigenvalue weighted by Gasteiger charge is -2.07. The van der Waals surface area contributed by atoms with Crippen molar-refractivity contribution >= 4 is 27.7 Å². The van der Waals surface area contributed by atoms with E-state index in [1.165, 1.54) is 19.3 Å². The minimum Gasteiger partial charge on any atom is -0.306 e. The highest BCUT2D eigenvalue weighted by atomic mass is 79.9. The van der Waals surface area contributed by atoms with Gasteiger partial charge in [0.25, 0.3) is 0 Å². The van der Waals surface area contributed by atoms with Crippen molar-refractivity contribution in [2.75, 3.05) is 0 Å². The van der Waals surface area contributed by atoms with Crippen LogP contribution in [0.4, 0.5) is 0 Å². The van der Waals surface area contributed by atoms with Crippen molar-refractivity contribution in [2.24, 2.45) is 0 Å². The molecule has 1 aliphatic heterocycles. The summed E-state index contributed by atoms with van der Waals surface area (Å²) < 4.78 is 3.26. The van der Waals surface area contributed by atoms with E-state index in [4.69, 9.17) is 0 Å². The zero-order chi connectivity index (χ0) is 13.2. The second-order valence-corrected chi connectivity index (χ2v) is 6.57. The van der Waals surface area contributed by atoms with Crippen LogP contribution in [-0.2, 0) is 13.0 Å². The van der Waals surface area contributed by atoms with Crippen LogP contribution in [0.3, 0.4) is 0 Å². The fourth-order valence-electron chi connectivity index (χ4n) is 2.22. The molecule has 0 aliphatic carbocycles. The fourth-order valence-corrected chi connectivity index (χ4v) is 3.75. The van der Waals surface area contributed by atoms with Crippen molar-refractivity contribution in [3.8, 4) is 0 Å². The smallest absolute Gasteiger partial charge is 0.197 e. The number of rotatable bonds is 2. The normalized spacial score (nSPS) is 15.1. The van der Waals surface area contributed by atoms with Crippen LogP contribution < -0.4 is 0 Å². The summed E-state index contributed by atoms with van der Waals surface area (Å²) in [5.41, 5.74) is 1.15. The third-order valence-corrected chi connectivity index (χ3v) is 5.08. The summed E-state index contributed by atoms with van der Waals surface area (Å²) in [5, 5.41) is 10.5. The second kappa shape index (κ2) is 5.63. The molecule has 0 N–H and O–H groups in total. The van der Waals surface area contributed by atoms with Crippen LogP contribution in [-0.4, -0.2) is 19.7 Å². The van der Waals surface area contributed by atoms with Gasteiger partial charge in [0.05, 0.1) is 4.47 Å². The lowest BCUT2D eigenvalue weighted by molar-refractivity contribution is 0.590. The van der Waals surface area contributed by atoms with Crippen molar-refractivity contribution in [3.63, 3.8) is 0 Å². The molecule has 0 bridgehead atoms. The summed E-state index contributed by atoms with van der Waals surface area (Å²) in [6.07, 6.45) is 6.62. The molecule has 0 spiro atoms. The molecule has 1 aliphatic rings. The summed E-state index contributed by atoms with van der Waals surface area (Å²) in [7, 11) is 0. The maximum absolute atomic E-state index is 4.46. The van der Waals surface area contributed by atoms with Crippen molar-refractivity contribution in [2.45, 2.75) is 49.3 Å². The molecule has 0 radical (unpaired) electrons. The number of aromatic nitrogens is 4. The third kappa shape index (κ3) is 2.84. The molecule has 4 nitrogen and oxygen atoms in total. The molecule has 0 amide bonds. The molecule has 0 fully saturated rings. The Bertz CT molecular complexity index is 596. The van der Waals surface area contributed by atoms with Crippen molar-refractivity contribution in [1.29, 1.82) is 0 Å². The van der Waals surface area contributed by atoms with Crippen molar-refractivity contribution < 1.29 is 0 Å². The number of fused-ring (bicyclic) bond motifs is 1. The first-order chi connectivity index (χ1) is 9.24. The Morgan fingerprint density at radius 3 is 3.00 bits per heavy atom. The maximum atomic E-state index is 4.46. The SMILES string of the molecule is Cc1cnc(Sc2nnc3n2CCCCC3)c(Br)c1. The maximum Gasteiger partial charge on any atom is 0.197 e. The Kier molecular flexibility index (Phi) is 3.88. The minimum absolute atomic E-state index is 0.949. The molecule has 0 saturated carbocycles. The van der Waals surface area contributed by atoms with Crippen molar-refractivity contribution in [1.82, 2.24) is 19.7 Å². The lowest BCUT2D eigenvalue weighted by atomic mass is 10.2. The van der Waals surface area contributed by atoms with Gasteiger partial charge in [0.1, 0.15) is 10.9 Å². The first-order valence-corrected chi connectivity index (χ1v) is 8.07. The van der Waals surface area contributed by atoms with Gasteiger partial charge in [-0.2, -0.15) is 0 Å². The Balaban J connectivity index is 1.89. The van der Waals surface area contributed by atoms with E-state index in [1.54, 1.807) is 11.8 Å². The van der Waals surface area contributed by atoms with E-state index in [0.29, 0.717) is 0 Å². The van der Waals surface area contributed by atoms with Gasteiger partial charge in [0.2, 0.25) is 0 Å². The predicted octanol–water partition coefficient (Wildman–Crippen LogP) is 3.62. The van der Waals surface area contributed by atoms with Crippen LogP contribution in [0.25, 0.3) is 0 Å². The fraction of sp³-hybridized carbons (Fsp3) is 0.462. The van der Waals surface area contributed by atoms with Gasteiger partial charge >= 0.3 is 0 Å². The van der Waals surface area contributed by atoms with Crippen LogP contribution in [0.5, 0.6) is 0 Å². The summed E-state index contributed by atoms with van der Waals surface area (Å²) in [6.45, 7) is 3.06. The molecule has 3 heterocycles. The number of halogens is 1. The molecular formula is C13H15BrN4S. The molecule has 100 valence electrons. The number of hydrogen-bond donors (Lipinski definition) is 0. The molecular weight excluding hydrogens is 324 g/mol. The largest absolute Gasteiger partial charge is 0.306 e. The van der Waals surface area contributed by atoms with Gasteiger partial charge in [-0.1, -0.05) is 6.42 Å². The number of pyridine rings is 1. The molecule has 0 saturated heterocycles. The third-order valence-electron chi connectivity index (χ3n) is 3.21. The second-order valence-electron chi connectivity index (χ2n) is 4.76. The van der Waals surface area contributed by atoms with Gasteiger partial charge in [-0.25, -0.2) is 4.98 Å². The average molecular weight is 339 g/mol. The van der Waals surface area contributed by atoms with E-state index in [9.17, 15) is 0 Å². The van der Waals surface area contributed by atoms with Crippen LogP contribution in [0.15, 0.2) is 26.9 Å². The Hall–Kier alpha value is -0.880. The number of nitrogens with zero attached hydrogens (tertiary/aromatic N) is 4. The molecule has 0 unspecified atom stereocenters. The Morgan fingerprint density at radius 1 is 1.26 bits per heavy atom. The molecule has 6 heteroatoms. The molecule has 0 atom stereocenters. The van der Waals surface area contributed by atoms with E-state index >= 15 is 0 Å². The number of hydrogen-bond acceptors (Lipinski definition) is 4. The molecule has 2 aromatic heterocycles. The van der Waals surface area contributed by atoms with Gasteiger partial charge < -0.3 is 4.57 Å². The summed E-state index contributed by atoms with van der Waals surface area (Å²) >= 11 is 5.15. The van der Waals surface area contributed by atoms with Crippen LogP contribution in [0.2, 0.25) is 0 Å². The average Bonchev–Trinajstić information content (AvgIpc) is 2.61. The molecule has 3 rings (SSSR count). The van der Waals surface area contributed by atoms with E-state index < -0.39 is 0 Å². The highest BCUT2D eigenvalue weighted by Crippen LogP contribution is 2.32. The Labute approximate surface area is 125 Å². The monoisotopic (exact) mass is 338 g/mol. The van der Waals surface area contributed by atoms with E-state index in [1.807, 2.05) is 13.1 Å². The van der Waals surface area contributed by atoms with Crippen LogP contribution in [0, 0.1) is 6.92 Å². The molecule has 0 aromatic carbocycles. The van der Waals surface area contributed by atoms with Gasteiger partial charge in [0, 0.05) is 19.2 Å². The first kappa shape index (κ1) is 13.1. The van der Waals surface area contributed by atoms with E-state index in [0.717, 1.165) is 39.0 Å². The van der Waals surface area contributed by atoms with Gasteiger partial charge in [-0.15, -0.1) is 10.2 Å². The summed E-state index contributed by atoms with van der Waals surface area (Å²) in [5.74, 6) is 1.11. The Morgan fingerprint density at radius 2 is 2.16 bits per heavy atom. The van der Waals surface area contributed by atoms with Crippen molar-refractivity contribution in [3.05, 3.63) is 28.1 Å². The quantitative estimate of drug-likeness (QED) is 0.838. The number of aryl methyl sites for hydroxylation is 2. The molecule has 2 aromatic rings. The zero-order valence-corrected chi connectivity index (χ0v) is 13.2. The van der Waals surface area contributed by atoms with Crippen LogP contribution >= 0.6 is 27.7 Å².